The molecule has 144 valence electrons. The first-order valence-electron chi connectivity index (χ1n) is 8.46. The van der Waals surface area contributed by atoms with Crippen LogP contribution in [-0.2, 0) is 27.3 Å². The average molecular weight is 376 g/mol. The Labute approximate surface area is 153 Å². The van der Waals surface area contributed by atoms with Gasteiger partial charge in [-0.3, -0.25) is 19.1 Å². The van der Waals surface area contributed by atoms with E-state index in [9.17, 15) is 19.5 Å². The lowest BCUT2D eigenvalue weighted by molar-refractivity contribution is -0.144. The van der Waals surface area contributed by atoms with Gasteiger partial charge in [0.15, 0.2) is 0 Å². The smallest absolute Gasteiger partial charge is 0.330 e. The van der Waals surface area contributed by atoms with Gasteiger partial charge >= 0.3 is 11.7 Å². The summed E-state index contributed by atoms with van der Waals surface area (Å²) in [5, 5.41) is 19.0. The molecule has 3 atom stereocenters. The molecule has 0 amide bonds. The monoisotopic (exact) mass is 376 g/mol. The number of rotatable bonds is 6. The third kappa shape index (κ3) is 4.51. The first kappa shape index (κ1) is 19.0. The topological polar surface area (TPSA) is 131 Å². The van der Waals surface area contributed by atoms with E-state index in [-0.39, 0.29) is 25.0 Å². The Bertz CT molecular complexity index is 906. The van der Waals surface area contributed by atoms with E-state index < -0.39 is 42.3 Å². The minimum Gasteiger partial charge on any atom is -0.461 e. The molecule has 1 aliphatic heterocycles. The SMILES string of the molecule is O=C(Cc1cn([C@@H]2C[C@@H](O)[C@H](CO)O2)c(=O)[nH]c1=O)OCc1ccccc1. The van der Waals surface area contributed by atoms with Crippen LogP contribution in [0.1, 0.15) is 23.8 Å². The van der Waals surface area contributed by atoms with Crippen LogP contribution in [0.2, 0.25) is 0 Å². The Balaban J connectivity index is 1.71. The molecule has 0 aliphatic carbocycles. The number of ether oxygens (including phenoxy) is 2. The van der Waals surface area contributed by atoms with Gasteiger partial charge < -0.3 is 19.7 Å². The van der Waals surface area contributed by atoms with E-state index in [1.165, 1.54) is 6.20 Å². The highest BCUT2D eigenvalue weighted by Crippen LogP contribution is 2.27. The summed E-state index contributed by atoms with van der Waals surface area (Å²) in [6.07, 6.45) is -1.61. The number of carbonyl (C=O) groups is 1. The number of H-pyrrole nitrogens is 1. The van der Waals surface area contributed by atoms with Gasteiger partial charge in [0.2, 0.25) is 0 Å². The second kappa shape index (κ2) is 8.30. The minimum absolute atomic E-state index is 0.0400. The van der Waals surface area contributed by atoms with Gasteiger partial charge in [-0.15, -0.1) is 0 Å². The first-order chi connectivity index (χ1) is 13.0. The molecule has 0 saturated carbocycles. The zero-order chi connectivity index (χ0) is 19.4. The van der Waals surface area contributed by atoms with E-state index in [1.807, 2.05) is 18.2 Å². The van der Waals surface area contributed by atoms with Crippen molar-refractivity contribution in [2.45, 2.75) is 37.9 Å². The lowest BCUT2D eigenvalue weighted by Gasteiger charge is -2.15. The molecule has 0 bridgehead atoms. The summed E-state index contributed by atoms with van der Waals surface area (Å²) in [7, 11) is 0. The van der Waals surface area contributed by atoms with Gasteiger partial charge in [0.05, 0.1) is 19.1 Å². The molecule has 0 unspecified atom stereocenters. The minimum atomic E-state index is -0.932. The number of aromatic amines is 1. The van der Waals surface area contributed by atoms with Crippen molar-refractivity contribution < 1.29 is 24.5 Å². The molecule has 2 heterocycles. The van der Waals surface area contributed by atoms with Crippen molar-refractivity contribution in [2.24, 2.45) is 0 Å². The predicted octanol–water partition coefficient (Wildman–Crippen LogP) is -0.537. The van der Waals surface area contributed by atoms with Crippen LogP contribution in [0.3, 0.4) is 0 Å². The molecule has 1 aromatic heterocycles. The van der Waals surface area contributed by atoms with Gasteiger partial charge in [-0.25, -0.2) is 4.79 Å². The molecule has 1 aromatic carbocycles. The summed E-state index contributed by atoms with van der Waals surface area (Å²) in [6, 6.07) is 9.09. The quantitative estimate of drug-likeness (QED) is 0.577. The number of benzene rings is 1. The Morgan fingerprint density at radius 2 is 2.04 bits per heavy atom. The summed E-state index contributed by atoms with van der Waals surface area (Å²) in [5.41, 5.74) is -0.561. The molecule has 1 aliphatic rings. The Kier molecular flexibility index (Phi) is 5.84. The fourth-order valence-corrected chi connectivity index (χ4v) is 2.86. The van der Waals surface area contributed by atoms with Crippen LogP contribution in [0.15, 0.2) is 46.1 Å². The molecular weight excluding hydrogens is 356 g/mol. The number of hydrogen-bond donors (Lipinski definition) is 3. The molecule has 0 spiro atoms. The van der Waals surface area contributed by atoms with E-state index >= 15 is 0 Å². The van der Waals surface area contributed by atoms with Crippen molar-refractivity contribution in [3.63, 3.8) is 0 Å². The van der Waals surface area contributed by atoms with Crippen LogP contribution in [0.25, 0.3) is 0 Å². The summed E-state index contributed by atoms with van der Waals surface area (Å²) < 4.78 is 11.7. The number of hydrogen-bond acceptors (Lipinski definition) is 7. The van der Waals surface area contributed by atoms with Crippen LogP contribution in [0.4, 0.5) is 0 Å². The highest BCUT2D eigenvalue weighted by atomic mass is 16.5. The van der Waals surface area contributed by atoms with E-state index in [0.29, 0.717) is 0 Å². The third-order valence-electron chi connectivity index (χ3n) is 4.31. The zero-order valence-corrected chi connectivity index (χ0v) is 14.4. The largest absolute Gasteiger partial charge is 0.461 e. The van der Waals surface area contributed by atoms with Gasteiger partial charge in [-0.2, -0.15) is 0 Å². The number of aliphatic hydroxyl groups excluding tert-OH is 2. The van der Waals surface area contributed by atoms with Crippen LogP contribution in [0, 0.1) is 0 Å². The number of nitrogens with zero attached hydrogens (tertiary/aromatic N) is 1. The number of aliphatic hydroxyl groups is 2. The Hall–Kier alpha value is -2.75. The van der Waals surface area contributed by atoms with Gasteiger partial charge in [0.1, 0.15) is 18.9 Å². The molecule has 1 fully saturated rings. The van der Waals surface area contributed by atoms with Crippen LogP contribution >= 0.6 is 0 Å². The van der Waals surface area contributed by atoms with Crippen molar-refractivity contribution >= 4 is 5.97 Å². The molecule has 9 nitrogen and oxygen atoms in total. The zero-order valence-electron chi connectivity index (χ0n) is 14.4. The van der Waals surface area contributed by atoms with E-state index in [4.69, 9.17) is 14.6 Å². The normalized spacial score (nSPS) is 21.9. The van der Waals surface area contributed by atoms with Gasteiger partial charge in [-0.1, -0.05) is 30.3 Å². The number of esters is 1. The van der Waals surface area contributed by atoms with E-state index in [2.05, 4.69) is 4.98 Å². The number of carbonyl (C=O) groups excluding carboxylic acids is 1. The second-order valence-electron chi connectivity index (χ2n) is 6.26. The molecule has 1 saturated heterocycles. The van der Waals surface area contributed by atoms with Crippen LogP contribution in [-0.4, -0.2) is 44.5 Å². The van der Waals surface area contributed by atoms with Crippen LogP contribution in [0.5, 0.6) is 0 Å². The summed E-state index contributed by atoms with van der Waals surface area (Å²) >= 11 is 0. The molecule has 27 heavy (non-hydrogen) atoms. The average Bonchev–Trinajstić information content (AvgIpc) is 3.03. The van der Waals surface area contributed by atoms with Crippen molar-refractivity contribution in [3.8, 4) is 0 Å². The highest BCUT2D eigenvalue weighted by molar-refractivity contribution is 5.72. The predicted molar refractivity (Wildman–Crippen MR) is 92.9 cm³/mol. The Morgan fingerprint density at radius 1 is 1.30 bits per heavy atom. The highest BCUT2D eigenvalue weighted by Gasteiger charge is 2.35. The van der Waals surface area contributed by atoms with Crippen molar-refractivity contribution in [2.75, 3.05) is 6.61 Å². The van der Waals surface area contributed by atoms with Crippen molar-refractivity contribution in [1.82, 2.24) is 9.55 Å². The van der Waals surface area contributed by atoms with Gasteiger partial charge in [0, 0.05) is 18.2 Å². The molecule has 9 heteroatoms. The lowest BCUT2D eigenvalue weighted by atomic mass is 10.2. The lowest BCUT2D eigenvalue weighted by Crippen LogP contribution is -2.35. The Morgan fingerprint density at radius 3 is 2.70 bits per heavy atom. The maximum atomic E-state index is 12.0. The standard InChI is InChI=1S/C18H20N2O7/c21-9-14-13(22)7-15(27-14)20-8-12(17(24)19-18(20)25)6-16(23)26-10-11-4-2-1-3-5-11/h1-5,8,13-15,21-22H,6-7,9-10H2,(H,19,24,25)/t13-,14+,15+/m1/s1. The first-order valence-corrected chi connectivity index (χ1v) is 8.46. The molecule has 3 N–H and O–H groups in total. The fourth-order valence-electron chi connectivity index (χ4n) is 2.86. The van der Waals surface area contributed by atoms with Crippen molar-refractivity contribution in [1.29, 1.82) is 0 Å². The number of aromatic nitrogens is 2. The van der Waals surface area contributed by atoms with Crippen LogP contribution < -0.4 is 11.2 Å². The number of nitrogens with one attached hydrogen (secondary N) is 1. The van der Waals surface area contributed by atoms with E-state index in [0.717, 1.165) is 10.1 Å². The molecule has 2 aromatic rings. The van der Waals surface area contributed by atoms with Gasteiger partial charge in [0.25, 0.3) is 5.56 Å². The van der Waals surface area contributed by atoms with Crippen molar-refractivity contribution in [3.05, 3.63) is 68.5 Å². The third-order valence-corrected chi connectivity index (χ3v) is 4.31. The second-order valence-corrected chi connectivity index (χ2v) is 6.26. The molecular formula is C18H20N2O7. The maximum Gasteiger partial charge on any atom is 0.330 e. The summed E-state index contributed by atoms with van der Waals surface area (Å²) in [4.78, 5) is 38.2. The summed E-state index contributed by atoms with van der Waals surface area (Å²) in [6.45, 7) is -0.318. The van der Waals surface area contributed by atoms with E-state index in [1.54, 1.807) is 12.1 Å². The molecule has 3 rings (SSSR count). The fraction of sp³-hybridized carbons (Fsp3) is 0.389. The van der Waals surface area contributed by atoms with Gasteiger partial charge in [-0.05, 0) is 5.56 Å². The molecule has 0 radical (unpaired) electrons. The summed E-state index contributed by atoms with van der Waals surface area (Å²) in [5.74, 6) is -0.616. The maximum absolute atomic E-state index is 12.0.